The molecule has 0 unspecified atom stereocenters. The molecule has 25 heavy (non-hydrogen) atoms. The van der Waals surface area contributed by atoms with Crippen LogP contribution >= 0.6 is 11.6 Å². The third-order valence-corrected chi connectivity index (χ3v) is 6.13. The summed E-state index contributed by atoms with van der Waals surface area (Å²) >= 11 is 5.37. The van der Waals surface area contributed by atoms with E-state index < -0.39 is 18.0 Å². The summed E-state index contributed by atoms with van der Waals surface area (Å²) in [5.41, 5.74) is 0. The second-order valence-corrected chi connectivity index (χ2v) is 7.86. The molecule has 0 spiro atoms. The molecule has 0 radical (unpaired) electrons. The van der Waals surface area contributed by atoms with Gasteiger partial charge < -0.3 is 9.47 Å². The Bertz CT molecular complexity index is 403. The summed E-state index contributed by atoms with van der Waals surface area (Å²) in [6.45, 7) is 2.49. The summed E-state index contributed by atoms with van der Waals surface area (Å²) in [5.74, 6) is -0.137. The van der Waals surface area contributed by atoms with Gasteiger partial charge >= 0.3 is 12.1 Å². The Hall–Kier alpha value is -0.420. The summed E-state index contributed by atoms with van der Waals surface area (Å²) in [6.07, 6.45) is 4.48. The second kappa shape index (κ2) is 10.1. The van der Waals surface area contributed by atoms with Gasteiger partial charge in [0.15, 0.2) is 0 Å². The summed E-state index contributed by atoms with van der Waals surface area (Å²) in [6, 6.07) is 0. The molecule has 0 atom stereocenters. The molecule has 3 nitrogen and oxygen atoms in total. The highest BCUT2D eigenvalue weighted by atomic mass is 35.5. The average Bonchev–Trinajstić information content (AvgIpc) is 2.62. The maximum Gasteiger partial charge on any atom is 0.358 e. The first-order chi connectivity index (χ1) is 11.9. The van der Waals surface area contributed by atoms with Gasteiger partial charge in [-0.15, -0.1) is 11.6 Å². The van der Waals surface area contributed by atoms with Crippen LogP contribution in [0.4, 0.5) is 8.78 Å². The molecule has 0 aromatic rings. The Balaban J connectivity index is 1.67. The van der Waals surface area contributed by atoms with Gasteiger partial charge in [-0.25, -0.2) is 0 Å². The van der Waals surface area contributed by atoms with Crippen LogP contribution in [0.3, 0.4) is 0 Å². The molecule has 0 heterocycles. The number of alkyl halides is 3. The van der Waals surface area contributed by atoms with Crippen molar-refractivity contribution in [3.63, 3.8) is 0 Å². The van der Waals surface area contributed by atoms with Crippen molar-refractivity contribution in [2.45, 2.75) is 83.3 Å². The number of ether oxygens (including phenoxy) is 2. The van der Waals surface area contributed by atoms with Crippen molar-refractivity contribution in [3.05, 3.63) is 0 Å². The second-order valence-electron chi connectivity index (χ2n) is 7.59. The van der Waals surface area contributed by atoms with Gasteiger partial charge in [0.05, 0.1) is 18.6 Å². The van der Waals surface area contributed by atoms with E-state index in [0.29, 0.717) is 44.1 Å². The molecule has 146 valence electrons. The average molecular weight is 381 g/mol. The summed E-state index contributed by atoms with van der Waals surface area (Å²) in [7, 11) is 0. The monoisotopic (exact) mass is 380 g/mol. The van der Waals surface area contributed by atoms with Crippen LogP contribution in [-0.4, -0.2) is 30.7 Å². The molecule has 0 aliphatic heterocycles. The number of hydrogen-bond acceptors (Lipinski definition) is 3. The summed E-state index contributed by atoms with van der Waals surface area (Å²) in [4.78, 5) is 11.0. The van der Waals surface area contributed by atoms with Crippen LogP contribution in [0.5, 0.6) is 0 Å². The van der Waals surface area contributed by atoms with E-state index in [-0.39, 0.29) is 12.0 Å². The third-order valence-electron chi connectivity index (χ3n) is 5.92. The fraction of sp³-hybridized carbons (Fsp3) is 0.947. The number of carbonyl (C=O) groups is 1. The Morgan fingerprint density at radius 2 is 1.64 bits per heavy atom. The van der Waals surface area contributed by atoms with Crippen molar-refractivity contribution in [1.82, 2.24) is 0 Å². The van der Waals surface area contributed by atoms with Crippen molar-refractivity contribution >= 4 is 17.6 Å². The lowest BCUT2D eigenvalue weighted by Gasteiger charge is -2.36. The van der Waals surface area contributed by atoms with E-state index in [1.807, 2.05) is 0 Å². The molecular formula is C19H31ClF2O3. The fourth-order valence-electron chi connectivity index (χ4n) is 4.14. The van der Waals surface area contributed by atoms with Crippen molar-refractivity contribution in [2.24, 2.45) is 17.8 Å². The number of esters is 1. The van der Waals surface area contributed by atoms with Crippen LogP contribution in [0.2, 0.25) is 0 Å². The fourth-order valence-corrected chi connectivity index (χ4v) is 4.22. The predicted molar refractivity (Wildman–Crippen MR) is 93.8 cm³/mol. The first-order valence-corrected chi connectivity index (χ1v) is 10.2. The van der Waals surface area contributed by atoms with Gasteiger partial charge in [0, 0.05) is 0 Å². The third kappa shape index (κ3) is 6.67. The van der Waals surface area contributed by atoms with E-state index in [4.69, 9.17) is 21.1 Å². The lowest BCUT2D eigenvalue weighted by molar-refractivity contribution is -0.302. The number of hydrogen-bond donors (Lipinski definition) is 0. The number of carbonyl (C=O) groups excluding carboxylic acids is 1. The van der Waals surface area contributed by atoms with E-state index in [1.165, 1.54) is 0 Å². The molecule has 2 aliphatic rings. The number of halogens is 3. The molecule has 0 aromatic carbocycles. The minimum absolute atomic E-state index is 0.129. The zero-order chi connectivity index (χ0) is 18.3. The van der Waals surface area contributed by atoms with Gasteiger partial charge in [0.2, 0.25) is 0 Å². The van der Waals surface area contributed by atoms with E-state index in [0.717, 1.165) is 38.5 Å². The topological polar surface area (TPSA) is 35.5 Å². The highest BCUT2D eigenvalue weighted by molar-refractivity contribution is 6.26. The molecule has 0 N–H and O–H groups in total. The minimum atomic E-state index is -2.99. The Kier molecular flexibility index (Phi) is 8.40. The van der Waals surface area contributed by atoms with E-state index in [1.54, 1.807) is 0 Å². The highest BCUT2D eigenvalue weighted by Crippen LogP contribution is 2.42. The summed E-state index contributed by atoms with van der Waals surface area (Å²) < 4.78 is 39.2. The standard InChI is InChI=1S/C19H31ClF2O3/c1-2-14-3-7-16(8-4-14)19(21,22)25-17-9-5-15(6-10-17)11-12-24-18(23)13-20/h14-17H,2-13H2,1H3. The van der Waals surface area contributed by atoms with E-state index >= 15 is 0 Å². The van der Waals surface area contributed by atoms with Crippen LogP contribution in [-0.2, 0) is 14.3 Å². The summed E-state index contributed by atoms with van der Waals surface area (Å²) in [5, 5.41) is 0. The lowest BCUT2D eigenvalue weighted by atomic mass is 9.80. The van der Waals surface area contributed by atoms with Gasteiger partial charge in [0.25, 0.3) is 0 Å². The van der Waals surface area contributed by atoms with Crippen molar-refractivity contribution in [3.8, 4) is 0 Å². The Morgan fingerprint density at radius 3 is 2.20 bits per heavy atom. The van der Waals surface area contributed by atoms with Gasteiger partial charge in [0.1, 0.15) is 5.88 Å². The van der Waals surface area contributed by atoms with Crippen molar-refractivity contribution in [1.29, 1.82) is 0 Å². The van der Waals surface area contributed by atoms with Gasteiger partial charge in [-0.1, -0.05) is 13.3 Å². The maximum atomic E-state index is 14.5. The smallest absolute Gasteiger partial charge is 0.358 e. The zero-order valence-electron chi connectivity index (χ0n) is 15.2. The van der Waals surface area contributed by atoms with Crippen LogP contribution in [0.15, 0.2) is 0 Å². The molecule has 2 fully saturated rings. The quantitative estimate of drug-likeness (QED) is 0.409. The normalized spacial score (nSPS) is 30.9. The molecule has 2 rings (SSSR count). The van der Waals surface area contributed by atoms with Crippen molar-refractivity contribution in [2.75, 3.05) is 12.5 Å². The highest BCUT2D eigenvalue weighted by Gasteiger charge is 2.44. The van der Waals surface area contributed by atoms with Crippen LogP contribution in [0, 0.1) is 17.8 Å². The molecule has 0 amide bonds. The zero-order valence-corrected chi connectivity index (χ0v) is 15.9. The molecule has 0 bridgehead atoms. The maximum absolute atomic E-state index is 14.5. The largest absolute Gasteiger partial charge is 0.465 e. The van der Waals surface area contributed by atoms with Crippen LogP contribution in [0.25, 0.3) is 0 Å². The lowest BCUT2D eigenvalue weighted by Crippen LogP contribution is -2.39. The Morgan fingerprint density at radius 1 is 1.04 bits per heavy atom. The van der Waals surface area contributed by atoms with Crippen LogP contribution in [0.1, 0.15) is 71.1 Å². The SMILES string of the molecule is CCC1CCC(C(F)(F)OC2CCC(CCOC(=O)CCl)CC2)CC1. The van der Waals surface area contributed by atoms with Gasteiger partial charge in [-0.3, -0.25) is 4.79 Å². The molecule has 2 aliphatic carbocycles. The van der Waals surface area contributed by atoms with Gasteiger partial charge in [-0.2, -0.15) is 8.78 Å². The van der Waals surface area contributed by atoms with E-state index in [2.05, 4.69) is 6.92 Å². The molecular weight excluding hydrogens is 350 g/mol. The predicted octanol–water partition coefficient (Wildman–Crippen LogP) is 5.54. The molecule has 0 saturated heterocycles. The van der Waals surface area contributed by atoms with Crippen molar-refractivity contribution < 1.29 is 23.0 Å². The molecule has 6 heteroatoms. The molecule has 0 aromatic heterocycles. The number of rotatable bonds is 8. The van der Waals surface area contributed by atoms with Crippen LogP contribution < -0.4 is 0 Å². The minimum Gasteiger partial charge on any atom is -0.465 e. The first-order valence-electron chi connectivity index (χ1n) is 9.71. The molecule has 2 saturated carbocycles. The van der Waals surface area contributed by atoms with E-state index in [9.17, 15) is 13.6 Å². The first kappa shape index (κ1) is 20.9. The Labute approximate surface area is 154 Å². The van der Waals surface area contributed by atoms with Gasteiger partial charge in [-0.05, 0) is 69.6 Å².